The van der Waals surface area contributed by atoms with E-state index in [1.54, 1.807) is 6.08 Å². The third-order valence-electron chi connectivity index (χ3n) is 5.11. The first-order chi connectivity index (χ1) is 17.8. The van der Waals surface area contributed by atoms with E-state index in [1.165, 1.54) is 41.5 Å². The molecule has 1 nitrogen and oxygen atoms in total. The lowest BCUT2D eigenvalue weighted by atomic mass is 9.86. The van der Waals surface area contributed by atoms with Gasteiger partial charge in [0.05, 0.1) is 0 Å². The molecule has 0 amide bonds. The quantitative estimate of drug-likeness (QED) is 0.283. The number of hydrogen-bond acceptors (Lipinski definition) is 1. The van der Waals surface area contributed by atoms with Crippen LogP contribution in [0.2, 0.25) is 0 Å². The smallest absolute Gasteiger partial charge is 0.0397 e. The van der Waals surface area contributed by atoms with E-state index in [1.807, 2.05) is 40.7 Å². The molecule has 0 atom stereocenters. The van der Waals surface area contributed by atoms with Gasteiger partial charge in [-0.2, -0.15) is 0 Å². The van der Waals surface area contributed by atoms with E-state index < -0.39 is 0 Å². The molecule has 0 saturated heterocycles. The average molecular weight is 520 g/mol. The Labute approximate surface area is 238 Å². The van der Waals surface area contributed by atoms with Crippen molar-refractivity contribution in [2.45, 2.75) is 114 Å². The van der Waals surface area contributed by atoms with E-state index in [-0.39, 0.29) is 5.41 Å². The zero-order chi connectivity index (χ0) is 30.1. The molecule has 1 N–H and O–H groups in total. The van der Waals surface area contributed by atoms with Gasteiger partial charge in [0.1, 0.15) is 0 Å². The summed E-state index contributed by atoms with van der Waals surface area (Å²) >= 11 is 0. The van der Waals surface area contributed by atoms with Gasteiger partial charge in [-0.1, -0.05) is 152 Å². The first-order valence-electron chi connectivity index (χ1n) is 14.3. The molecule has 38 heavy (non-hydrogen) atoms. The summed E-state index contributed by atoms with van der Waals surface area (Å²) in [6.45, 7) is 37.2. The van der Waals surface area contributed by atoms with Crippen LogP contribution in [0.3, 0.4) is 0 Å². The summed E-state index contributed by atoms with van der Waals surface area (Å²) in [5.41, 5.74) is 8.80. The molecule has 0 aliphatic heterocycles. The molecule has 2 rings (SSSR count). The van der Waals surface area contributed by atoms with Crippen molar-refractivity contribution in [2.24, 2.45) is 0 Å². The number of hydrogen-bond donors (Lipinski definition) is 1. The zero-order valence-corrected chi connectivity index (χ0v) is 27.2. The lowest BCUT2D eigenvalue weighted by Crippen LogP contribution is -2.10. The minimum Gasteiger partial charge on any atom is -0.384 e. The molecule has 0 saturated carbocycles. The molecule has 0 fully saturated rings. The van der Waals surface area contributed by atoms with Crippen LogP contribution in [0.25, 0.3) is 5.57 Å². The Morgan fingerprint density at radius 3 is 1.61 bits per heavy atom. The van der Waals surface area contributed by atoms with Crippen LogP contribution in [-0.4, -0.2) is 0 Å². The summed E-state index contributed by atoms with van der Waals surface area (Å²) in [5, 5.41) is 3.35. The van der Waals surface area contributed by atoms with Crippen molar-refractivity contribution < 1.29 is 0 Å². The molecule has 0 aliphatic rings. The van der Waals surface area contributed by atoms with Crippen LogP contribution in [0, 0.1) is 6.92 Å². The number of benzene rings is 2. The minimum absolute atomic E-state index is 0.244. The summed E-state index contributed by atoms with van der Waals surface area (Å²) in [6, 6.07) is 17.2. The lowest BCUT2D eigenvalue weighted by molar-refractivity contribution is 0.590. The molecule has 0 aromatic heterocycles. The maximum atomic E-state index is 3.92. The second-order valence-corrected chi connectivity index (χ2v) is 10.4. The van der Waals surface area contributed by atoms with Crippen molar-refractivity contribution in [1.82, 2.24) is 5.32 Å². The van der Waals surface area contributed by atoms with Crippen molar-refractivity contribution in [2.75, 3.05) is 0 Å². The van der Waals surface area contributed by atoms with Crippen LogP contribution in [0.4, 0.5) is 0 Å². The van der Waals surface area contributed by atoms with Crippen LogP contribution in [0.5, 0.6) is 0 Å². The van der Waals surface area contributed by atoms with Crippen molar-refractivity contribution in [1.29, 1.82) is 0 Å². The molecule has 0 aliphatic carbocycles. The Kier molecular flexibility index (Phi) is 25.6. The summed E-state index contributed by atoms with van der Waals surface area (Å²) in [4.78, 5) is 0. The van der Waals surface area contributed by atoms with Gasteiger partial charge in [-0.05, 0) is 62.8 Å². The normalized spacial score (nSPS) is 9.95. The molecule has 0 unspecified atom stereocenters. The van der Waals surface area contributed by atoms with E-state index in [2.05, 4.69) is 122 Å². The number of unbranched alkanes of at least 4 members (excludes halogenated alkanes) is 2. The second kappa shape index (κ2) is 24.5. The molecule has 0 spiro atoms. The van der Waals surface area contributed by atoms with Crippen LogP contribution < -0.4 is 5.32 Å². The van der Waals surface area contributed by atoms with Gasteiger partial charge in [-0.15, -0.1) is 6.58 Å². The Morgan fingerprint density at radius 1 is 0.842 bits per heavy atom. The lowest BCUT2D eigenvalue weighted by Gasteiger charge is -2.19. The molecule has 2 aromatic rings. The standard InChI is InChI=1S/C14H19N.C13H18.C5H12.C3H6.C2H6/c1-11(2)9-13(4)15-10-14-7-5-12(3)6-8-14;1-10(2)11-6-8-12(9-7-11)13(3,4)5;1-3-5-4-2;1-3-2;1-2/h5-9,15H,1,10H2,2-4H3;6-9H,1H2,2-5H3;3-5H2,1-2H3;3H,1H2,2H3;1-2H3/b13-9-;;;;. The minimum atomic E-state index is 0.244. The van der Waals surface area contributed by atoms with Crippen LogP contribution in [-0.2, 0) is 12.0 Å². The molecule has 0 heterocycles. The Hall–Kier alpha value is -2.80. The molecular formula is C37H61N. The van der Waals surface area contributed by atoms with Gasteiger partial charge in [-0.3, -0.25) is 0 Å². The van der Waals surface area contributed by atoms with E-state index in [4.69, 9.17) is 0 Å². The summed E-state index contributed by atoms with van der Waals surface area (Å²) < 4.78 is 0. The van der Waals surface area contributed by atoms with Gasteiger partial charge in [0.25, 0.3) is 0 Å². The van der Waals surface area contributed by atoms with Crippen molar-refractivity contribution in [3.63, 3.8) is 0 Å². The fourth-order valence-corrected chi connectivity index (χ4v) is 2.98. The average Bonchev–Trinajstić information content (AvgIpc) is 2.86. The summed E-state index contributed by atoms with van der Waals surface area (Å²) in [7, 11) is 0. The largest absolute Gasteiger partial charge is 0.384 e. The number of aryl methyl sites for hydroxylation is 1. The number of rotatable bonds is 7. The maximum Gasteiger partial charge on any atom is 0.0397 e. The van der Waals surface area contributed by atoms with Gasteiger partial charge in [0.15, 0.2) is 0 Å². The highest BCUT2D eigenvalue weighted by molar-refractivity contribution is 5.61. The van der Waals surface area contributed by atoms with Crippen molar-refractivity contribution >= 4 is 5.57 Å². The highest BCUT2D eigenvalue weighted by atomic mass is 14.9. The molecule has 2 aromatic carbocycles. The fraction of sp³-hybridized carbons (Fsp3) is 0.459. The SMILES string of the molecule is C=C(C)/C=C(/C)NCc1ccc(C)cc1.C=C(C)c1ccc(C(C)(C)C)cc1.C=CC.CC.CCCCC. The predicted molar refractivity (Wildman–Crippen MR) is 179 cm³/mol. The van der Waals surface area contributed by atoms with Gasteiger partial charge >= 0.3 is 0 Å². The van der Waals surface area contributed by atoms with Crippen molar-refractivity contribution in [3.8, 4) is 0 Å². The Morgan fingerprint density at radius 2 is 1.29 bits per heavy atom. The molecular weight excluding hydrogens is 458 g/mol. The second-order valence-electron chi connectivity index (χ2n) is 10.4. The van der Waals surface area contributed by atoms with Crippen LogP contribution in [0.15, 0.2) is 91.7 Å². The third kappa shape index (κ3) is 23.6. The van der Waals surface area contributed by atoms with Gasteiger partial charge < -0.3 is 5.32 Å². The van der Waals surface area contributed by atoms with E-state index in [9.17, 15) is 0 Å². The molecule has 214 valence electrons. The first-order valence-corrected chi connectivity index (χ1v) is 14.3. The molecule has 0 radical (unpaired) electrons. The zero-order valence-electron chi connectivity index (χ0n) is 27.2. The summed E-state index contributed by atoms with van der Waals surface area (Å²) in [6.07, 6.45) is 7.88. The monoisotopic (exact) mass is 519 g/mol. The van der Waals surface area contributed by atoms with Gasteiger partial charge in [0.2, 0.25) is 0 Å². The van der Waals surface area contributed by atoms with E-state index in [0.29, 0.717) is 0 Å². The highest BCUT2D eigenvalue weighted by Crippen LogP contribution is 2.23. The maximum absolute atomic E-state index is 3.92. The Balaban J connectivity index is -0.000000482. The fourth-order valence-electron chi connectivity index (χ4n) is 2.98. The first kappa shape index (κ1) is 39.7. The third-order valence-corrected chi connectivity index (χ3v) is 5.11. The topological polar surface area (TPSA) is 12.0 Å². The molecule has 0 bridgehead atoms. The van der Waals surface area contributed by atoms with Gasteiger partial charge in [0, 0.05) is 12.2 Å². The number of allylic oxidation sites excluding steroid dienone is 5. The summed E-state index contributed by atoms with van der Waals surface area (Å²) in [5.74, 6) is 0. The molecule has 1 heteroatoms. The van der Waals surface area contributed by atoms with Crippen LogP contribution >= 0.6 is 0 Å². The van der Waals surface area contributed by atoms with E-state index in [0.717, 1.165) is 23.4 Å². The highest BCUT2D eigenvalue weighted by Gasteiger charge is 2.12. The van der Waals surface area contributed by atoms with Gasteiger partial charge in [-0.25, -0.2) is 0 Å². The van der Waals surface area contributed by atoms with E-state index >= 15 is 0 Å². The van der Waals surface area contributed by atoms with Crippen LogP contribution in [0.1, 0.15) is 118 Å². The predicted octanol–water partition coefficient (Wildman–Crippen LogP) is 12.0. The Bertz CT molecular complexity index is 885. The number of nitrogens with one attached hydrogen (secondary N) is 1. The van der Waals surface area contributed by atoms with Crippen molar-refractivity contribution in [3.05, 3.63) is 114 Å².